The summed E-state index contributed by atoms with van der Waals surface area (Å²) in [6, 6.07) is 120. The van der Waals surface area contributed by atoms with Crippen LogP contribution < -0.4 is 0 Å². The maximum Gasteiger partial charge on any atom is 0.160 e. The van der Waals surface area contributed by atoms with Crippen LogP contribution in [0.2, 0.25) is 0 Å². The summed E-state index contributed by atoms with van der Waals surface area (Å²) in [6.45, 7) is 0. The Bertz CT molecular complexity index is 4530. The van der Waals surface area contributed by atoms with Crippen LogP contribution in [0.25, 0.3) is 150 Å². The first kappa shape index (κ1) is 50.7. The molecule has 0 radical (unpaired) electrons. The predicted octanol–water partition coefficient (Wildman–Crippen LogP) is 21.9. The Morgan fingerprint density at radius 2 is 0.447 bits per heavy atom. The first-order valence-corrected chi connectivity index (χ1v) is 29.0. The molecule has 3 nitrogen and oxygen atoms in total. The molecule has 0 spiro atoms. The van der Waals surface area contributed by atoms with Crippen molar-refractivity contribution in [2.75, 3.05) is 0 Å². The Labute approximate surface area is 495 Å². The fourth-order valence-corrected chi connectivity index (χ4v) is 12.3. The largest absolute Gasteiger partial charge is 0.308 e. The molecule has 15 aromatic rings. The second-order valence-electron chi connectivity index (χ2n) is 21.6. The average molecular weight is 1080 g/mol. The van der Waals surface area contributed by atoms with Gasteiger partial charge in [0.1, 0.15) is 0 Å². The topological polar surface area (TPSA) is 30.7 Å². The Morgan fingerprint density at radius 1 is 0.188 bits per heavy atom. The third-order valence-corrected chi connectivity index (χ3v) is 16.4. The van der Waals surface area contributed by atoms with E-state index >= 15 is 0 Å². The van der Waals surface area contributed by atoms with E-state index in [2.05, 4.69) is 338 Å². The molecule has 0 aliphatic rings. The Kier molecular flexibility index (Phi) is 13.3. The summed E-state index contributed by atoms with van der Waals surface area (Å²) >= 11 is 0. The highest BCUT2D eigenvalue weighted by molar-refractivity contribution is 6.23. The van der Waals surface area contributed by atoms with Crippen LogP contribution in [0, 0.1) is 0 Å². The molecule has 0 aliphatic heterocycles. The van der Waals surface area contributed by atoms with E-state index in [-0.39, 0.29) is 0 Å². The molecule has 0 fully saturated rings. The summed E-state index contributed by atoms with van der Waals surface area (Å²) < 4.78 is 2.59. The van der Waals surface area contributed by atoms with Crippen molar-refractivity contribution in [3.63, 3.8) is 0 Å². The smallest absolute Gasteiger partial charge is 0.160 e. The lowest BCUT2D eigenvalue weighted by molar-refractivity contribution is 1.17. The minimum absolute atomic E-state index is 0.650. The van der Waals surface area contributed by atoms with Gasteiger partial charge in [-0.2, -0.15) is 0 Å². The van der Waals surface area contributed by atoms with Crippen LogP contribution in [0.4, 0.5) is 0 Å². The summed E-state index contributed by atoms with van der Waals surface area (Å²) in [5, 5.41) is 2.37. The first-order valence-electron chi connectivity index (χ1n) is 29.0. The molecular weight excluding hydrogens is 1030 g/mol. The van der Waals surface area contributed by atoms with E-state index in [9.17, 15) is 0 Å². The monoisotopic (exact) mass is 1080 g/mol. The molecule has 0 N–H and O–H groups in total. The Hall–Kier alpha value is -11.3. The molecule has 0 saturated carbocycles. The normalized spacial score (nSPS) is 11.3. The molecule has 0 atom stereocenters. The molecular formula is C82H55N3. The first-order chi connectivity index (χ1) is 42.1. The van der Waals surface area contributed by atoms with Crippen LogP contribution in [-0.2, 0) is 0 Å². The number of benzene rings is 13. The summed E-state index contributed by atoms with van der Waals surface area (Å²) in [7, 11) is 0. The Balaban J connectivity index is 1.06. The van der Waals surface area contributed by atoms with E-state index in [0.29, 0.717) is 5.82 Å². The third kappa shape index (κ3) is 9.80. The highest BCUT2D eigenvalue weighted by Gasteiger charge is 2.27. The molecule has 0 saturated heterocycles. The molecule has 0 bridgehead atoms. The average Bonchev–Trinajstić information content (AvgIpc) is 1.86. The molecule has 0 amide bonds. The molecule has 3 heteroatoms. The minimum atomic E-state index is 0.650. The number of nitrogens with zero attached hydrogens (tertiary/aromatic N) is 3. The molecule has 398 valence electrons. The van der Waals surface area contributed by atoms with Crippen molar-refractivity contribution in [1.29, 1.82) is 0 Å². The fraction of sp³-hybridized carbons (Fsp3) is 0. The molecule has 85 heavy (non-hydrogen) atoms. The van der Waals surface area contributed by atoms with Crippen molar-refractivity contribution in [1.82, 2.24) is 14.5 Å². The van der Waals surface area contributed by atoms with Gasteiger partial charge < -0.3 is 4.57 Å². The molecule has 0 aliphatic carbocycles. The van der Waals surface area contributed by atoms with Crippen LogP contribution >= 0.6 is 0 Å². The van der Waals surface area contributed by atoms with Crippen molar-refractivity contribution < 1.29 is 0 Å². The zero-order chi connectivity index (χ0) is 56.5. The van der Waals surface area contributed by atoms with Gasteiger partial charge in [0.2, 0.25) is 0 Å². The second kappa shape index (κ2) is 22.2. The van der Waals surface area contributed by atoms with Crippen LogP contribution in [0.15, 0.2) is 334 Å². The molecule has 0 unspecified atom stereocenters. The Morgan fingerprint density at radius 3 is 0.800 bits per heavy atom. The summed E-state index contributed by atoms with van der Waals surface area (Å²) in [5.41, 5.74) is 25.9. The predicted molar refractivity (Wildman–Crippen MR) is 356 cm³/mol. The molecule has 13 aromatic carbocycles. The van der Waals surface area contributed by atoms with Gasteiger partial charge in [-0.25, -0.2) is 9.97 Å². The molecule has 15 rings (SSSR count). The zero-order valence-electron chi connectivity index (χ0n) is 46.6. The van der Waals surface area contributed by atoms with E-state index in [1.54, 1.807) is 0 Å². The quantitative estimate of drug-likeness (QED) is 0.122. The number of hydrogen-bond donors (Lipinski definition) is 0. The van der Waals surface area contributed by atoms with Gasteiger partial charge >= 0.3 is 0 Å². The minimum Gasteiger partial charge on any atom is -0.308 e. The van der Waals surface area contributed by atoms with Gasteiger partial charge in [-0.15, -0.1) is 0 Å². The van der Waals surface area contributed by atoms with Gasteiger partial charge in [0.15, 0.2) is 5.82 Å². The summed E-state index contributed by atoms with van der Waals surface area (Å²) in [4.78, 5) is 11.0. The summed E-state index contributed by atoms with van der Waals surface area (Å²) in [6.07, 6.45) is 0. The van der Waals surface area contributed by atoms with E-state index in [4.69, 9.17) is 9.97 Å². The van der Waals surface area contributed by atoms with Crippen molar-refractivity contribution in [3.8, 4) is 129 Å². The highest BCUT2D eigenvalue weighted by atomic mass is 15.0. The maximum atomic E-state index is 5.59. The van der Waals surface area contributed by atoms with E-state index in [0.717, 1.165) is 117 Å². The van der Waals surface area contributed by atoms with Gasteiger partial charge in [0.25, 0.3) is 0 Å². The lowest BCUT2D eigenvalue weighted by atomic mass is 9.90. The lowest BCUT2D eigenvalue weighted by Crippen LogP contribution is -2.03. The number of rotatable bonds is 12. The van der Waals surface area contributed by atoms with Gasteiger partial charge in [-0.05, 0) is 120 Å². The fourth-order valence-electron chi connectivity index (χ4n) is 12.3. The van der Waals surface area contributed by atoms with Crippen molar-refractivity contribution >= 4 is 21.8 Å². The van der Waals surface area contributed by atoms with Crippen molar-refractivity contribution in [2.24, 2.45) is 0 Å². The molecule has 2 aromatic heterocycles. The van der Waals surface area contributed by atoms with E-state index in [1.807, 2.05) is 0 Å². The van der Waals surface area contributed by atoms with Gasteiger partial charge in [0.05, 0.1) is 28.1 Å². The van der Waals surface area contributed by atoms with Crippen LogP contribution in [0.3, 0.4) is 0 Å². The molecule has 2 heterocycles. The standard InChI is InChI=1S/C82H55N3/c1-9-25-56(26-10-1)60-41-45-66(46-42-60)75-55-76(84-82(83-75)67-47-43-61(44-48-67)57-27-11-2-12-28-57)70-51-73(64-37-21-7-22-38-64)81(74(52-70)65-39-23-8-24-40-65)85-77-53-68(58-29-13-3-14-30-58)49-71(62-33-17-5-18-34-62)79(77)80-72(63-35-19-6-20-36-63)50-69(54-78(80)85)59-31-15-4-16-32-59/h1-55H. The van der Waals surface area contributed by atoms with E-state index < -0.39 is 0 Å². The summed E-state index contributed by atoms with van der Waals surface area (Å²) in [5.74, 6) is 0.650. The van der Waals surface area contributed by atoms with E-state index in [1.165, 1.54) is 27.5 Å². The maximum absolute atomic E-state index is 5.59. The van der Waals surface area contributed by atoms with Gasteiger partial charge in [0, 0.05) is 38.6 Å². The van der Waals surface area contributed by atoms with Crippen molar-refractivity contribution in [3.05, 3.63) is 334 Å². The zero-order valence-corrected chi connectivity index (χ0v) is 46.6. The number of aromatic nitrogens is 3. The van der Waals surface area contributed by atoms with Crippen LogP contribution in [-0.4, -0.2) is 14.5 Å². The third-order valence-electron chi connectivity index (χ3n) is 16.4. The lowest BCUT2D eigenvalue weighted by Gasteiger charge is -2.22. The highest BCUT2D eigenvalue weighted by Crippen LogP contribution is 2.50. The number of fused-ring (bicyclic) bond motifs is 3. The van der Waals surface area contributed by atoms with Crippen LogP contribution in [0.1, 0.15) is 0 Å². The van der Waals surface area contributed by atoms with Gasteiger partial charge in [-0.1, -0.05) is 291 Å². The van der Waals surface area contributed by atoms with Gasteiger partial charge in [-0.3, -0.25) is 0 Å². The van der Waals surface area contributed by atoms with Crippen molar-refractivity contribution in [2.45, 2.75) is 0 Å². The number of hydrogen-bond acceptors (Lipinski definition) is 2. The second-order valence-corrected chi connectivity index (χ2v) is 21.6. The van der Waals surface area contributed by atoms with Crippen LogP contribution in [0.5, 0.6) is 0 Å². The SMILES string of the molecule is c1ccc(-c2ccc(-c3cc(-c4cc(-c5ccccc5)c(-n5c6cc(-c7ccccc7)cc(-c7ccccc7)c6c6c(-c7ccccc7)cc(-c7ccccc7)cc65)c(-c5ccccc5)c4)nc(-c4ccc(-c5ccccc5)cc4)n3)cc2)cc1.